The highest BCUT2D eigenvalue weighted by Gasteiger charge is 2.20. The van der Waals surface area contributed by atoms with Crippen LogP contribution in [0.15, 0.2) is 42.5 Å². The van der Waals surface area contributed by atoms with Crippen molar-refractivity contribution in [1.82, 2.24) is 9.78 Å². The van der Waals surface area contributed by atoms with Gasteiger partial charge in [-0.3, -0.25) is 0 Å². The van der Waals surface area contributed by atoms with Crippen LogP contribution in [0.4, 0.5) is 8.78 Å². The monoisotopic (exact) mass is 410 g/mol. The van der Waals surface area contributed by atoms with Gasteiger partial charge in [-0.1, -0.05) is 29.3 Å². The van der Waals surface area contributed by atoms with Crippen molar-refractivity contribution in [2.45, 2.75) is 19.9 Å². The van der Waals surface area contributed by atoms with Crippen molar-refractivity contribution in [1.29, 1.82) is 0 Å². The summed E-state index contributed by atoms with van der Waals surface area (Å²) in [6, 6.07) is 8.85. The zero-order valence-corrected chi connectivity index (χ0v) is 15.9. The third kappa shape index (κ3) is 4.28. The minimum atomic E-state index is -0.893. The third-order valence-electron chi connectivity index (χ3n) is 3.91. The number of hydrogen-bond donors (Lipinski definition) is 0. The van der Waals surface area contributed by atoms with Crippen molar-refractivity contribution >= 4 is 29.2 Å². The van der Waals surface area contributed by atoms with Crippen LogP contribution < -0.4 is 4.74 Å². The van der Waals surface area contributed by atoms with Crippen LogP contribution in [0.25, 0.3) is 0 Å². The summed E-state index contributed by atoms with van der Waals surface area (Å²) >= 11 is 12.0. The molecule has 2 aromatic carbocycles. The van der Waals surface area contributed by atoms with E-state index in [1.807, 2.05) is 6.92 Å². The van der Waals surface area contributed by atoms with Gasteiger partial charge in [0.05, 0.1) is 27.3 Å². The van der Waals surface area contributed by atoms with Crippen molar-refractivity contribution in [2.24, 2.45) is 0 Å². The van der Waals surface area contributed by atoms with E-state index in [0.29, 0.717) is 21.8 Å². The zero-order chi connectivity index (χ0) is 19.7. The molecule has 27 heavy (non-hydrogen) atoms. The fraction of sp³-hybridized carbons (Fsp3) is 0.158. The van der Waals surface area contributed by atoms with Gasteiger partial charge in [0, 0.05) is 12.1 Å². The van der Waals surface area contributed by atoms with Gasteiger partial charge in [0.2, 0.25) is 5.88 Å². The third-order valence-corrected chi connectivity index (χ3v) is 4.65. The number of carbonyl (C=O) groups excluding carboxylic acids is 1. The average Bonchev–Trinajstić information content (AvgIpc) is 2.96. The molecule has 0 fully saturated rings. The van der Waals surface area contributed by atoms with Crippen LogP contribution in [0.1, 0.15) is 34.6 Å². The molecular formula is C19H14Cl2F2N2O2. The van der Waals surface area contributed by atoms with Gasteiger partial charge < -0.3 is 4.74 Å². The standard InChI is InChI=1S/C19H14Cl2F2N2O2/c1-10-5-18(27-19(26)13-6-14(22)9-15(23)7-13)25(24-10)11(2)12-3-4-16(20)17(21)8-12/h3-9,11H,1-2H3. The maximum atomic E-state index is 13.3. The molecule has 8 heteroatoms. The maximum Gasteiger partial charge on any atom is 0.345 e. The van der Waals surface area contributed by atoms with Gasteiger partial charge >= 0.3 is 5.97 Å². The second-order valence-corrected chi connectivity index (χ2v) is 6.78. The molecule has 0 N–H and O–H groups in total. The Bertz CT molecular complexity index is 1000. The van der Waals surface area contributed by atoms with Crippen molar-refractivity contribution in [3.63, 3.8) is 0 Å². The molecule has 0 bridgehead atoms. The average molecular weight is 411 g/mol. The Hall–Kier alpha value is -2.44. The van der Waals surface area contributed by atoms with E-state index < -0.39 is 17.6 Å². The predicted octanol–water partition coefficient (Wildman–Crippen LogP) is 5.61. The van der Waals surface area contributed by atoms with Crippen molar-refractivity contribution in [3.8, 4) is 5.88 Å². The van der Waals surface area contributed by atoms with Gasteiger partial charge in [-0.25, -0.2) is 18.3 Å². The lowest BCUT2D eigenvalue weighted by molar-refractivity contribution is 0.0715. The molecule has 0 aliphatic heterocycles. The number of aromatic nitrogens is 2. The molecule has 0 aliphatic carbocycles. The first-order valence-electron chi connectivity index (χ1n) is 7.94. The SMILES string of the molecule is Cc1cc(OC(=O)c2cc(F)cc(F)c2)n(C(C)c2ccc(Cl)c(Cl)c2)n1. The minimum absolute atomic E-state index is 0.140. The molecule has 140 valence electrons. The fourth-order valence-electron chi connectivity index (χ4n) is 2.59. The Kier molecular flexibility index (Phi) is 5.48. The molecule has 3 aromatic rings. The molecule has 1 unspecified atom stereocenters. The number of rotatable bonds is 4. The van der Waals surface area contributed by atoms with E-state index in [1.54, 1.807) is 31.2 Å². The number of nitrogens with zero attached hydrogens (tertiary/aromatic N) is 2. The number of aryl methyl sites for hydroxylation is 1. The van der Waals surface area contributed by atoms with E-state index in [9.17, 15) is 13.6 Å². The lowest BCUT2D eigenvalue weighted by Crippen LogP contribution is -2.16. The van der Waals surface area contributed by atoms with E-state index in [1.165, 1.54) is 4.68 Å². The summed E-state index contributed by atoms with van der Waals surface area (Å²) in [6.07, 6.45) is 0. The molecular weight excluding hydrogens is 397 g/mol. The first-order chi connectivity index (χ1) is 12.7. The fourth-order valence-corrected chi connectivity index (χ4v) is 2.89. The molecule has 0 aliphatic rings. The summed E-state index contributed by atoms with van der Waals surface area (Å²) in [7, 11) is 0. The Balaban J connectivity index is 1.91. The summed E-state index contributed by atoms with van der Waals surface area (Å²) in [5.41, 5.74) is 1.16. The van der Waals surface area contributed by atoms with Gasteiger partial charge in [-0.15, -0.1) is 0 Å². The summed E-state index contributed by atoms with van der Waals surface area (Å²) < 4.78 is 33.5. The topological polar surface area (TPSA) is 44.1 Å². The number of benzene rings is 2. The molecule has 1 aromatic heterocycles. The van der Waals surface area contributed by atoms with Crippen LogP contribution in [0.5, 0.6) is 5.88 Å². The first-order valence-corrected chi connectivity index (χ1v) is 8.69. The van der Waals surface area contributed by atoms with Crippen LogP contribution in [0.3, 0.4) is 0 Å². The van der Waals surface area contributed by atoms with Crippen molar-refractivity contribution in [3.05, 3.63) is 81.0 Å². The van der Waals surface area contributed by atoms with E-state index in [0.717, 1.165) is 17.7 Å². The summed E-state index contributed by atoms with van der Waals surface area (Å²) in [5, 5.41) is 5.14. The Morgan fingerprint density at radius 2 is 1.74 bits per heavy atom. The lowest BCUT2D eigenvalue weighted by atomic mass is 10.1. The predicted molar refractivity (Wildman–Crippen MR) is 98.6 cm³/mol. The number of halogens is 4. The first kappa shape index (κ1) is 19.3. The van der Waals surface area contributed by atoms with Gasteiger partial charge in [0.1, 0.15) is 11.6 Å². The molecule has 1 atom stereocenters. The molecule has 4 nitrogen and oxygen atoms in total. The van der Waals surface area contributed by atoms with Crippen molar-refractivity contribution < 1.29 is 18.3 Å². The Morgan fingerprint density at radius 1 is 1.07 bits per heavy atom. The highest BCUT2D eigenvalue weighted by Crippen LogP contribution is 2.30. The van der Waals surface area contributed by atoms with Crippen LogP contribution in [0.2, 0.25) is 10.0 Å². The molecule has 1 heterocycles. The van der Waals surface area contributed by atoms with Gasteiger partial charge in [-0.2, -0.15) is 5.10 Å². The van der Waals surface area contributed by atoms with Gasteiger partial charge in [-0.05, 0) is 43.7 Å². The normalized spacial score (nSPS) is 12.1. The summed E-state index contributed by atoms with van der Waals surface area (Å²) in [6.45, 7) is 3.57. The summed E-state index contributed by atoms with van der Waals surface area (Å²) in [4.78, 5) is 12.3. The molecule has 3 rings (SSSR count). The highest BCUT2D eigenvalue weighted by molar-refractivity contribution is 6.42. The molecule has 0 saturated heterocycles. The number of hydrogen-bond acceptors (Lipinski definition) is 3. The largest absolute Gasteiger partial charge is 0.404 e. The number of carbonyl (C=O) groups is 1. The van der Waals surface area contributed by atoms with Crippen LogP contribution in [-0.2, 0) is 0 Å². The van der Waals surface area contributed by atoms with Crippen LogP contribution >= 0.6 is 23.2 Å². The number of ether oxygens (including phenoxy) is 1. The zero-order valence-electron chi connectivity index (χ0n) is 14.3. The molecule has 0 spiro atoms. The summed E-state index contributed by atoms with van der Waals surface area (Å²) in [5.74, 6) is -2.48. The maximum absolute atomic E-state index is 13.3. The van der Waals surface area contributed by atoms with Crippen molar-refractivity contribution in [2.75, 3.05) is 0 Å². The second kappa shape index (κ2) is 7.66. The van der Waals surface area contributed by atoms with E-state index in [2.05, 4.69) is 5.10 Å². The Morgan fingerprint density at radius 3 is 2.37 bits per heavy atom. The van der Waals surface area contributed by atoms with Gasteiger partial charge in [0.15, 0.2) is 0 Å². The lowest BCUT2D eigenvalue weighted by Gasteiger charge is -2.16. The quantitative estimate of drug-likeness (QED) is 0.525. The van der Waals surface area contributed by atoms with Crippen LogP contribution in [0, 0.1) is 18.6 Å². The second-order valence-electron chi connectivity index (χ2n) is 5.97. The van der Waals surface area contributed by atoms with Crippen LogP contribution in [-0.4, -0.2) is 15.7 Å². The van der Waals surface area contributed by atoms with E-state index in [-0.39, 0.29) is 17.5 Å². The smallest absolute Gasteiger partial charge is 0.345 e. The van der Waals surface area contributed by atoms with E-state index >= 15 is 0 Å². The highest BCUT2D eigenvalue weighted by atomic mass is 35.5. The van der Waals surface area contributed by atoms with Gasteiger partial charge in [0.25, 0.3) is 0 Å². The molecule has 0 radical (unpaired) electrons. The minimum Gasteiger partial charge on any atom is -0.404 e. The Labute approximate surface area is 164 Å². The molecule has 0 saturated carbocycles. The van der Waals surface area contributed by atoms with E-state index in [4.69, 9.17) is 27.9 Å². The number of esters is 1. The molecule has 0 amide bonds.